The normalized spacial score (nSPS) is 26.1. The standard InChI is InChI=1S/C12H24N2O2/c1-5-11-9-13(3)7-6-8-14(11)10(2)12(15)16-4/h10-11H,5-9H2,1-4H3. The molecule has 1 saturated heterocycles. The van der Waals surface area contributed by atoms with Crippen molar-refractivity contribution in [2.45, 2.75) is 38.8 Å². The van der Waals surface area contributed by atoms with Crippen molar-refractivity contribution in [2.24, 2.45) is 0 Å². The van der Waals surface area contributed by atoms with Crippen molar-refractivity contribution in [3.63, 3.8) is 0 Å². The first kappa shape index (κ1) is 13.5. The van der Waals surface area contributed by atoms with E-state index in [0.717, 1.165) is 32.5 Å². The summed E-state index contributed by atoms with van der Waals surface area (Å²) in [7, 11) is 3.61. The Morgan fingerprint density at radius 3 is 2.75 bits per heavy atom. The Labute approximate surface area is 98.5 Å². The summed E-state index contributed by atoms with van der Waals surface area (Å²) in [5, 5.41) is 0. The van der Waals surface area contributed by atoms with Gasteiger partial charge in [-0.3, -0.25) is 9.69 Å². The molecule has 1 fully saturated rings. The summed E-state index contributed by atoms with van der Waals surface area (Å²) in [6.45, 7) is 7.26. The number of esters is 1. The van der Waals surface area contributed by atoms with Crippen LogP contribution in [0.15, 0.2) is 0 Å². The van der Waals surface area contributed by atoms with Crippen LogP contribution in [0.25, 0.3) is 0 Å². The summed E-state index contributed by atoms with van der Waals surface area (Å²) >= 11 is 0. The molecule has 4 nitrogen and oxygen atoms in total. The van der Waals surface area contributed by atoms with Crippen molar-refractivity contribution in [2.75, 3.05) is 33.8 Å². The molecule has 2 unspecified atom stereocenters. The topological polar surface area (TPSA) is 32.8 Å². The average Bonchev–Trinajstić information content (AvgIpc) is 2.48. The van der Waals surface area contributed by atoms with Gasteiger partial charge in [0, 0.05) is 19.1 Å². The van der Waals surface area contributed by atoms with Gasteiger partial charge in [-0.05, 0) is 33.4 Å². The number of hydrogen-bond acceptors (Lipinski definition) is 4. The first-order valence-electron chi connectivity index (χ1n) is 6.12. The van der Waals surface area contributed by atoms with Crippen LogP contribution in [-0.4, -0.2) is 61.6 Å². The molecule has 2 atom stereocenters. The quantitative estimate of drug-likeness (QED) is 0.674. The van der Waals surface area contributed by atoms with Crippen LogP contribution in [0.4, 0.5) is 0 Å². The van der Waals surface area contributed by atoms with E-state index in [1.54, 1.807) is 0 Å². The SMILES string of the molecule is CCC1CN(C)CCCN1C(C)C(=O)OC. The second-order valence-electron chi connectivity index (χ2n) is 4.61. The number of carbonyl (C=O) groups is 1. The second-order valence-corrected chi connectivity index (χ2v) is 4.61. The van der Waals surface area contributed by atoms with Crippen molar-refractivity contribution in [1.82, 2.24) is 9.80 Å². The lowest BCUT2D eigenvalue weighted by Crippen LogP contribution is -2.48. The van der Waals surface area contributed by atoms with Crippen molar-refractivity contribution in [3.05, 3.63) is 0 Å². The van der Waals surface area contributed by atoms with Crippen LogP contribution in [0.5, 0.6) is 0 Å². The van der Waals surface area contributed by atoms with Gasteiger partial charge in [0.25, 0.3) is 0 Å². The summed E-state index contributed by atoms with van der Waals surface area (Å²) in [5.41, 5.74) is 0. The molecule has 0 radical (unpaired) electrons. The summed E-state index contributed by atoms with van der Waals surface area (Å²) in [6, 6.07) is 0.336. The highest BCUT2D eigenvalue weighted by Gasteiger charge is 2.29. The summed E-state index contributed by atoms with van der Waals surface area (Å²) in [5.74, 6) is -0.122. The fourth-order valence-electron chi connectivity index (χ4n) is 2.44. The molecule has 0 aromatic rings. The lowest BCUT2D eigenvalue weighted by atomic mass is 10.1. The van der Waals surface area contributed by atoms with Crippen LogP contribution in [0, 0.1) is 0 Å². The van der Waals surface area contributed by atoms with E-state index in [4.69, 9.17) is 4.74 Å². The number of hydrogen-bond donors (Lipinski definition) is 0. The monoisotopic (exact) mass is 228 g/mol. The zero-order valence-electron chi connectivity index (χ0n) is 10.9. The lowest BCUT2D eigenvalue weighted by molar-refractivity contribution is -0.147. The van der Waals surface area contributed by atoms with E-state index in [0.29, 0.717) is 6.04 Å². The number of nitrogens with zero attached hydrogens (tertiary/aromatic N) is 2. The van der Waals surface area contributed by atoms with Gasteiger partial charge in [-0.25, -0.2) is 0 Å². The first-order valence-corrected chi connectivity index (χ1v) is 6.12. The van der Waals surface area contributed by atoms with Gasteiger partial charge in [0.1, 0.15) is 6.04 Å². The molecule has 1 heterocycles. The van der Waals surface area contributed by atoms with Gasteiger partial charge in [-0.2, -0.15) is 0 Å². The van der Waals surface area contributed by atoms with E-state index in [-0.39, 0.29) is 12.0 Å². The third-order valence-corrected chi connectivity index (χ3v) is 3.46. The third-order valence-electron chi connectivity index (χ3n) is 3.46. The minimum atomic E-state index is -0.124. The van der Waals surface area contributed by atoms with Gasteiger partial charge in [-0.15, -0.1) is 0 Å². The van der Waals surface area contributed by atoms with Gasteiger partial charge >= 0.3 is 5.97 Å². The predicted octanol–water partition coefficient (Wildman–Crippen LogP) is 0.964. The first-order chi connectivity index (χ1) is 7.60. The Kier molecular flexibility index (Phi) is 5.22. The molecule has 0 aromatic carbocycles. The van der Waals surface area contributed by atoms with Crippen LogP contribution in [0.3, 0.4) is 0 Å². The predicted molar refractivity (Wildman–Crippen MR) is 64.4 cm³/mol. The molecule has 0 N–H and O–H groups in total. The molecule has 0 amide bonds. The summed E-state index contributed by atoms with van der Waals surface area (Å²) < 4.78 is 4.83. The van der Waals surface area contributed by atoms with Crippen LogP contribution in [-0.2, 0) is 9.53 Å². The highest BCUT2D eigenvalue weighted by Crippen LogP contribution is 2.15. The number of carbonyl (C=O) groups excluding carboxylic acids is 1. The Hall–Kier alpha value is -0.610. The second kappa shape index (κ2) is 6.21. The highest BCUT2D eigenvalue weighted by molar-refractivity contribution is 5.75. The molecule has 4 heteroatoms. The average molecular weight is 228 g/mol. The molecule has 0 saturated carbocycles. The van der Waals surface area contributed by atoms with E-state index in [2.05, 4.69) is 23.8 Å². The fraction of sp³-hybridized carbons (Fsp3) is 0.917. The maximum atomic E-state index is 11.6. The van der Waals surface area contributed by atoms with E-state index < -0.39 is 0 Å². The van der Waals surface area contributed by atoms with E-state index >= 15 is 0 Å². The Morgan fingerprint density at radius 1 is 1.50 bits per heavy atom. The number of rotatable bonds is 3. The van der Waals surface area contributed by atoms with E-state index in [1.807, 2.05) is 6.92 Å². The minimum Gasteiger partial charge on any atom is -0.468 e. The summed E-state index contributed by atoms with van der Waals surface area (Å²) in [6.07, 6.45) is 2.19. The van der Waals surface area contributed by atoms with Crippen molar-refractivity contribution in [1.29, 1.82) is 0 Å². The zero-order valence-corrected chi connectivity index (χ0v) is 10.9. The van der Waals surface area contributed by atoms with E-state index in [9.17, 15) is 4.79 Å². The van der Waals surface area contributed by atoms with Gasteiger partial charge in [0.05, 0.1) is 7.11 Å². The maximum absolute atomic E-state index is 11.6. The fourth-order valence-corrected chi connectivity index (χ4v) is 2.44. The Balaban J connectivity index is 2.70. The molecule has 0 aliphatic carbocycles. The van der Waals surface area contributed by atoms with Crippen molar-refractivity contribution < 1.29 is 9.53 Å². The maximum Gasteiger partial charge on any atom is 0.322 e. The van der Waals surface area contributed by atoms with Crippen LogP contribution >= 0.6 is 0 Å². The Morgan fingerprint density at radius 2 is 2.19 bits per heavy atom. The van der Waals surface area contributed by atoms with Gasteiger partial charge in [-0.1, -0.05) is 6.92 Å². The smallest absolute Gasteiger partial charge is 0.322 e. The van der Waals surface area contributed by atoms with Crippen molar-refractivity contribution in [3.8, 4) is 0 Å². The number of methoxy groups -OCH3 is 1. The molecule has 94 valence electrons. The molecule has 1 rings (SSSR count). The van der Waals surface area contributed by atoms with E-state index in [1.165, 1.54) is 7.11 Å². The van der Waals surface area contributed by atoms with Crippen LogP contribution < -0.4 is 0 Å². The van der Waals surface area contributed by atoms with Crippen LogP contribution in [0.2, 0.25) is 0 Å². The summed E-state index contributed by atoms with van der Waals surface area (Å²) in [4.78, 5) is 16.2. The zero-order chi connectivity index (χ0) is 12.1. The molecule has 0 spiro atoms. The van der Waals surface area contributed by atoms with Crippen LogP contribution in [0.1, 0.15) is 26.7 Å². The minimum absolute atomic E-state index is 0.122. The van der Waals surface area contributed by atoms with Gasteiger partial charge < -0.3 is 9.64 Å². The number of ether oxygens (including phenoxy) is 1. The Bertz CT molecular complexity index is 233. The van der Waals surface area contributed by atoms with Gasteiger partial charge in [0.2, 0.25) is 0 Å². The highest BCUT2D eigenvalue weighted by atomic mass is 16.5. The lowest BCUT2D eigenvalue weighted by Gasteiger charge is -2.33. The van der Waals surface area contributed by atoms with Gasteiger partial charge in [0.15, 0.2) is 0 Å². The largest absolute Gasteiger partial charge is 0.468 e. The molecular formula is C12H24N2O2. The molecule has 1 aliphatic rings. The third kappa shape index (κ3) is 3.19. The molecule has 16 heavy (non-hydrogen) atoms. The molecular weight excluding hydrogens is 204 g/mol. The number of likely N-dealkylation sites (N-methyl/N-ethyl adjacent to an activating group) is 1. The molecule has 0 bridgehead atoms. The molecule has 1 aliphatic heterocycles. The molecule has 0 aromatic heterocycles. The van der Waals surface area contributed by atoms with Crippen molar-refractivity contribution >= 4 is 5.97 Å².